The lowest BCUT2D eigenvalue weighted by Crippen LogP contribution is -2.30. The van der Waals surface area contributed by atoms with Crippen LogP contribution in [0.25, 0.3) is 10.8 Å². The molecule has 0 saturated heterocycles. The van der Waals surface area contributed by atoms with Crippen LogP contribution in [0.15, 0.2) is 87.7 Å². The van der Waals surface area contributed by atoms with Crippen molar-refractivity contribution in [1.29, 1.82) is 0 Å². The average molecular weight is 411 g/mol. The minimum Gasteiger partial charge on any atom is -0.443 e. The standard InChI is InChI=1S/C21H18N2O3S2/c1-16-9-11-19(12-10-16)28(24,25)23(18-6-3-2-4-7-18)14-17-15-26-21(22-17)20-8-5-13-27-20/h2-13,15H,14H2,1H3. The van der Waals surface area contributed by atoms with Crippen molar-refractivity contribution < 1.29 is 12.8 Å². The van der Waals surface area contributed by atoms with Crippen LogP contribution >= 0.6 is 11.3 Å². The maximum Gasteiger partial charge on any atom is 0.264 e. The Kier molecular flexibility index (Phi) is 5.02. The van der Waals surface area contributed by atoms with Crippen molar-refractivity contribution in [1.82, 2.24) is 4.98 Å². The Morgan fingerprint density at radius 3 is 2.43 bits per heavy atom. The normalized spacial score (nSPS) is 11.5. The van der Waals surface area contributed by atoms with Crippen LogP contribution in [0.4, 0.5) is 5.69 Å². The molecule has 7 heteroatoms. The van der Waals surface area contributed by atoms with Gasteiger partial charge in [-0.25, -0.2) is 13.4 Å². The number of hydrogen-bond acceptors (Lipinski definition) is 5. The smallest absolute Gasteiger partial charge is 0.264 e. The van der Waals surface area contributed by atoms with E-state index in [-0.39, 0.29) is 11.4 Å². The molecule has 0 radical (unpaired) electrons. The van der Waals surface area contributed by atoms with Gasteiger partial charge in [-0.2, -0.15) is 0 Å². The summed E-state index contributed by atoms with van der Waals surface area (Å²) in [6.07, 6.45) is 1.51. The van der Waals surface area contributed by atoms with Gasteiger partial charge in [-0.05, 0) is 42.6 Å². The molecule has 4 rings (SSSR count). The van der Waals surface area contributed by atoms with E-state index in [4.69, 9.17) is 4.42 Å². The molecule has 0 N–H and O–H groups in total. The van der Waals surface area contributed by atoms with Gasteiger partial charge in [0.2, 0.25) is 5.89 Å². The molecule has 28 heavy (non-hydrogen) atoms. The highest BCUT2D eigenvalue weighted by Gasteiger charge is 2.26. The quantitative estimate of drug-likeness (QED) is 0.443. The van der Waals surface area contributed by atoms with Gasteiger partial charge in [0, 0.05) is 0 Å². The fourth-order valence-electron chi connectivity index (χ4n) is 2.79. The van der Waals surface area contributed by atoms with Gasteiger partial charge in [-0.15, -0.1) is 11.3 Å². The first kappa shape index (κ1) is 18.5. The molecule has 0 aliphatic rings. The average Bonchev–Trinajstić information content (AvgIpc) is 3.39. The zero-order valence-electron chi connectivity index (χ0n) is 15.1. The van der Waals surface area contributed by atoms with E-state index in [1.807, 2.05) is 42.6 Å². The number of benzene rings is 2. The second-order valence-electron chi connectivity index (χ2n) is 6.28. The van der Waals surface area contributed by atoms with Gasteiger partial charge in [-0.3, -0.25) is 4.31 Å². The SMILES string of the molecule is Cc1ccc(S(=O)(=O)N(Cc2coc(-c3cccs3)n2)c2ccccc2)cc1. The van der Waals surface area contributed by atoms with Gasteiger partial charge in [-0.1, -0.05) is 42.0 Å². The number of aryl methyl sites for hydroxylation is 1. The molecule has 0 amide bonds. The van der Waals surface area contributed by atoms with Crippen molar-refractivity contribution >= 4 is 27.0 Å². The van der Waals surface area contributed by atoms with Gasteiger partial charge < -0.3 is 4.42 Å². The Balaban J connectivity index is 1.71. The molecular weight excluding hydrogens is 392 g/mol. The van der Waals surface area contributed by atoms with Crippen LogP contribution in [0.2, 0.25) is 0 Å². The Hall–Kier alpha value is -2.90. The molecule has 4 aromatic rings. The molecule has 0 spiro atoms. The summed E-state index contributed by atoms with van der Waals surface area (Å²) in [4.78, 5) is 5.62. The lowest BCUT2D eigenvalue weighted by atomic mass is 10.2. The third-order valence-electron chi connectivity index (χ3n) is 4.24. The highest BCUT2D eigenvalue weighted by molar-refractivity contribution is 7.92. The second-order valence-corrected chi connectivity index (χ2v) is 9.09. The van der Waals surface area contributed by atoms with Crippen LogP contribution in [0, 0.1) is 6.92 Å². The van der Waals surface area contributed by atoms with E-state index in [9.17, 15) is 8.42 Å². The highest BCUT2D eigenvalue weighted by atomic mass is 32.2. The fourth-order valence-corrected chi connectivity index (χ4v) is 4.88. The van der Waals surface area contributed by atoms with Gasteiger partial charge in [0.15, 0.2) is 0 Å². The maximum atomic E-state index is 13.4. The van der Waals surface area contributed by atoms with E-state index in [0.29, 0.717) is 17.3 Å². The van der Waals surface area contributed by atoms with E-state index in [1.54, 1.807) is 36.4 Å². The van der Waals surface area contributed by atoms with Crippen molar-refractivity contribution in [3.63, 3.8) is 0 Å². The van der Waals surface area contributed by atoms with Crippen molar-refractivity contribution in [3.05, 3.63) is 89.6 Å². The molecule has 0 aliphatic carbocycles. The number of hydrogen-bond donors (Lipinski definition) is 0. The molecule has 0 unspecified atom stereocenters. The Bertz CT molecular complexity index is 1150. The molecule has 0 bridgehead atoms. The van der Waals surface area contributed by atoms with Crippen LogP contribution in [0.3, 0.4) is 0 Å². The second kappa shape index (κ2) is 7.61. The largest absolute Gasteiger partial charge is 0.443 e. The highest BCUT2D eigenvalue weighted by Crippen LogP contribution is 2.28. The summed E-state index contributed by atoms with van der Waals surface area (Å²) in [5.41, 5.74) is 2.12. The number of sulfonamides is 1. The van der Waals surface area contributed by atoms with E-state index < -0.39 is 10.0 Å². The summed E-state index contributed by atoms with van der Waals surface area (Å²) in [7, 11) is -3.76. The van der Waals surface area contributed by atoms with Crippen molar-refractivity contribution in [2.75, 3.05) is 4.31 Å². The molecule has 0 saturated carbocycles. The van der Waals surface area contributed by atoms with E-state index in [2.05, 4.69) is 4.98 Å². The van der Waals surface area contributed by atoms with Crippen LogP contribution in [-0.4, -0.2) is 13.4 Å². The van der Waals surface area contributed by atoms with Gasteiger partial charge >= 0.3 is 0 Å². The lowest BCUT2D eigenvalue weighted by molar-refractivity contribution is 0.573. The van der Waals surface area contributed by atoms with Crippen molar-refractivity contribution in [2.45, 2.75) is 18.4 Å². The number of para-hydroxylation sites is 1. The van der Waals surface area contributed by atoms with E-state index in [0.717, 1.165) is 10.4 Å². The van der Waals surface area contributed by atoms with Crippen LogP contribution in [0.1, 0.15) is 11.3 Å². The van der Waals surface area contributed by atoms with E-state index >= 15 is 0 Å². The Labute approximate surface area is 168 Å². The Morgan fingerprint density at radius 1 is 1.00 bits per heavy atom. The maximum absolute atomic E-state index is 13.4. The minimum atomic E-state index is -3.76. The third-order valence-corrected chi connectivity index (χ3v) is 6.89. The first-order valence-electron chi connectivity index (χ1n) is 8.67. The summed E-state index contributed by atoms with van der Waals surface area (Å²) in [5.74, 6) is 0.491. The summed E-state index contributed by atoms with van der Waals surface area (Å²) in [5, 5.41) is 1.94. The number of anilines is 1. The first-order valence-corrected chi connectivity index (χ1v) is 11.0. The molecular formula is C21H18N2O3S2. The van der Waals surface area contributed by atoms with Crippen LogP contribution < -0.4 is 4.31 Å². The molecule has 142 valence electrons. The number of oxazole rings is 1. The number of nitrogens with zero attached hydrogens (tertiary/aromatic N) is 2. The van der Waals surface area contributed by atoms with Crippen molar-refractivity contribution in [3.8, 4) is 10.8 Å². The van der Waals surface area contributed by atoms with Gasteiger partial charge in [0.25, 0.3) is 10.0 Å². The van der Waals surface area contributed by atoms with E-state index in [1.165, 1.54) is 21.9 Å². The first-order chi connectivity index (χ1) is 13.5. The van der Waals surface area contributed by atoms with Crippen molar-refractivity contribution in [2.24, 2.45) is 0 Å². The molecule has 2 aromatic heterocycles. The molecule has 2 heterocycles. The molecule has 0 aliphatic heterocycles. The summed E-state index contributed by atoms with van der Waals surface area (Å²) in [6.45, 7) is 2.00. The summed E-state index contributed by atoms with van der Waals surface area (Å²) >= 11 is 1.52. The van der Waals surface area contributed by atoms with Gasteiger partial charge in [0.1, 0.15) is 12.0 Å². The number of aromatic nitrogens is 1. The molecule has 2 aromatic carbocycles. The number of thiophene rings is 1. The number of rotatable bonds is 6. The zero-order valence-corrected chi connectivity index (χ0v) is 16.8. The summed E-state index contributed by atoms with van der Waals surface area (Å²) in [6, 6.07) is 19.7. The van der Waals surface area contributed by atoms with Crippen LogP contribution in [0.5, 0.6) is 0 Å². The lowest BCUT2D eigenvalue weighted by Gasteiger charge is -2.23. The molecule has 0 fully saturated rings. The van der Waals surface area contributed by atoms with Crippen LogP contribution in [-0.2, 0) is 16.6 Å². The third kappa shape index (κ3) is 3.72. The fraction of sp³-hybridized carbons (Fsp3) is 0.0952. The minimum absolute atomic E-state index is 0.0785. The molecule has 5 nitrogen and oxygen atoms in total. The summed E-state index contributed by atoms with van der Waals surface area (Å²) < 4.78 is 33.6. The monoisotopic (exact) mass is 410 g/mol. The Morgan fingerprint density at radius 2 is 1.75 bits per heavy atom. The topological polar surface area (TPSA) is 63.4 Å². The van der Waals surface area contributed by atoms with Gasteiger partial charge in [0.05, 0.1) is 22.0 Å². The predicted octanol–water partition coefficient (Wildman–Crippen LogP) is 5.11. The molecule has 0 atom stereocenters. The predicted molar refractivity (Wildman–Crippen MR) is 111 cm³/mol. The zero-order chi connectivity index (χ0) is 19.6.